The first-order valence-electron chi connectivity index (χ1n) is 16.4. The average Bonchev–Trinajstić information content (AvgIpc) is 3.52. The number of anilines is 1. The van der Waals surface area contributed by atoms with Crippen LogP contribution in [0.4, 0.5) is 5.95 Å². The van der Waals surface area contributed by atoms with E-state index in [1.54, 1.807) is 38.4 Å². The molecule has 11 nitrogen and oxygen atoms in total. The van der Waals surface area contributed by atoms with Gasteiger partial charge in [0.1, 0.15) is 0 Å². The van der Waals surface area contributed by atoms with Gasteiger partial charge >= 0.3 is 0 Å². The summed E-state index contributed by atoms with van der Waals surface area (Å²) in [7, 11) is 6.47. The van der Waals surface area contributed by atoms with Crippen molar-refractivity contribution < 1.29 is 23.7 Å². The molecule has 0 spiro atoms. The zero-order valence-electron chi connectivity index (χ0n) is 28.4. The number of imidazole rings is 1. The lowest BCUT2D eigenvalue weighted by Crippen LogP contribution is -2.40. The molecule has 1 aliphatic heterocycles. The number of ether oxygens (including phenoxy) is 4. The number of benzene rings is 2. The molecule has 5 rings (SSSR count). The molecule has 1 fully saturated rings. The maximum atomic E-state index is 13.6. The molecule has 11 heteroatoms. The van der Waals surface area contributed by atoms with Crippen LogP contribution in [-0.2, 0) is 4.74 Å². The average molecular weight is 645 g/mol. The summed E-state index contributed by atoms with van der Waals surface area (Å²) < 4.78 is 22.2. The lowest BCUT2D eigenvalue weighted by atomic mass is 9.98. The highest BCUT2D eigenvalue weighted by molar-refractivity contribution is 5.95. The van der Waals surface area contributed by atoms with Crippen molar-refractivity contribution in [1.82, 2.24) is 24.8 Å². The Hall–Kier alpha value is -4.35. The maximum Gasteiger partial charge on any atom is 0.253 e. The van der Waals surface area contributed by atoms with Crippen molar-refractivity contribution >= 4 is 22.9 Å². The summed E-state index contributed by atoms with van der Waals surface area (Å²) in [6, 6.07) is 15.9. The van der Waals surface area contributed by atoms with Gasteiger partial charge in [-0.05, 0) is 70.0 Å². The Bertz CT molecular complexity index is 1580. The molecule has 252 valence electrons. The second kappa shape index (κ2) is 16.0. The number of piperidine rings is 1. The van der Waals surface area contributed by atoms with Crippen LogP contribution < -0.4 is 19.5 Å². The number of hydrogen-bond acceptors (Lipinski definition) is 9. The van der Waals surface area contributed by atoms with E-state index in [0.717, 1.165) is 67.1 Å². The Morgan fingerprint density at radius 3 is 2.45 bits per heavy atom. The summed E-state index contributed by atoms with van der Waals surface area (Å²) in [4.78, 5) is 30.9. The van der Waals surface area contributed by atoms with Gasteiger partial charge in [0.2, 0.25) is 11.7 Å². The summed E-state index contributed by atoms with van der Waals surface area (Å²) in [6.07, 6.45) is 4.73. The lowest BCUT2D eigenvalue weighted by molar-refractivity contribution is 0.0771. The number of hydrogen-bond donors (Lipinski definition) is 2. The van der Waals surface area contributed by atoms with Crippen LogP contribution in [0.3, 0.4) is 0 Å². The molecule has 3 heterocycles. The summed E-state index contributed by atoms with van der Waals surface area (Å²) in [6.45, 7) is 8.17. The summed E-state index contributed by atoms with van der Waals surface area (Å²) in [5.41, 5.74) is 4.53. The van der Waals surface area contributed by atoms with Crippen molar-refractivity contribution in [3.8, 4) is 17.2 Å². The van der Waals surface area contributed by atoms with E-state index in [1.807, 2.05) is 44.4 Å². The minimum absolute atomic E-state index is 0.00890. The number of fused-ring (bicyclic) bond motifs is 1. The van der Waals surface area contributed by atoms with E-state index in [2.05, 4.69) is 39.2 Å². The molecular formula is C36H48N6O5. The van der Waals surface area contributed by atoms with Crippen LogP contribution in [0.25, 0.3) is 11.0 Å². The number of nitrogens with one attached hydrogen (secondary N) is 2. The number of para-hydroxylation sites is 1. The second-order valence-corrected chi connectivity index (χ2v) is 12.0. The Morgan fingerprint density at radius 1 is 1.06 bits per heavy atom. The van der Waals surface area contributed by atoms with E-state index in [4.69, 9.17) is 23.9 Å². The molecule has 2 aromatic heterocycles. The summed E-state index contributed by atoms with van der Waals surface area (Å²) in [5, 5.41) is 3.64. The Labute approximate surface area is 277 Å². The fourth-order valence-corrected chi connectivity index (χ4v) is 6.41. The number of pyridine rings is 1. The van der Waals surface area contributed by atoms with Gasteiger partial charge in [0.05, 0.1) is 38.5 Å². The molecule has 2 atom stereocenters. The number of rotatable bonds is 15. The van der Waals surface area contributed by atoms with Gasteiger partial charge < -0.3 is 39.0 Å². The first kappa shape index (κ1) is 34.0. The number of amides is 1. The number of likely N-dealkylation sites (N-methyl/N-ethyl adjacent to an activating group) is 1. The third-order valence-electron chi connectivity index (χ3n) is 8.98. The Balaban J connectivity index is 1.19. The van der Waals surface area contributed by atoms with Crippen LogP contribution in [0.1, 0.15) is 66.7 Å². The molecule has 47 heavy (non-hydrogen) atoms. The molecular weight excluding hydrogens is 596 g/mol. The molecule has 1 aliphatic rings. The molecule has 0 saturated carbocycles. The minimum Gasteiger partial charge on any atom is -0.493 e. The molecule has 2 unspecified atom stereocenters. The monoisotopic (exact) mass is 644 g/mol. The van der Waals surface area contributed by atoms with Gasteiger partial charge in [-0.15, -0.1) is 0 Å². The van der Waals surface area contributed by atoms with Gasteiger partial charge in [-0.25, -0.2) is 4.98 Å². The van der Waals surface area contributed by atoms with Crippen molar-refractivity contribution in [2.24, 2.45) is 0 Å². The zero-order chi connectivity index (χ0) is 33.3. The second-order valence-electron chi connectivity index (χ2n) is 12.0. The Morgan fingerprint density at radius 2 is 1.81 bits per heavy atom. The third kappa shape index (κ3) is 8.15. The van der Waals surface area contributed by atoms with Crippen LogP contribution >= 0.6 is 0 Å². The quantitative estimate of drug-likeness (QED) is 0.163. The molecule has 0 radical (unpaired) electrons. The SMILES string of the molecule is CCOC(C)c1cccc2[nH]c(NC3CCN(CCC(CN(C)C(=O)c4cc(OC)c(OC)c(OC)c4)c4ccccn4)CC3)nc12. The number of nitrogens with zero attached hydrogens (tertiary/aromatic N) is 4. The molecule has 2 aromatic carbocycles. The van der Waals surface area contributed by atoms with E-state index in [-0.39, 0.29) is 17.9 Å². The van der Waals surface area contributed by atoms with E-state index in [9.17, 15) is 4.79 Å². The standard InChI is InChI=1S/C36H48N6O5/c1-7-47-24(2)28-11-10-13-30-33(28)40-36(39-30)38-27-15-19-42(20-16-27)18-14-25(29-12-8-9-17-37-29)23-41(3)35(43)26-21-31(44-4)34(46-6)32(22-26)45-5/h8-13,17,21-22,24-25,27H,7,14-16,18-20,23H2,1-6H3,(H2,38,39,40). The van der Waals surface area contributed by atoms with Gasteiger partial charge in [-0.3, -0.25) is 9.78 Å². The normalized spacial score (nSPS) is 15.3. The van der Waals surface area contributed by atoms with Crippen LogP contribution in [0, 0.1) is 0 Å². The zero-order valence-corrected chi connectivity index (χ0v) is 28.4. The van der Waals surface area contributed by atoms with Crippen molar-refractivity contribution in [3.63, 3.8) is 0 Å². The minimum atomic E-state index is -0.123. The topological polar surface area (TPSA) is 114 Å². The fourth-order valence-electron chi connectivity index (χ4n) is 6.41. The first-order chi connectivity index (χ1) is 22.8. The van der Waals surface area contributed by atoms with Crippen LogP contribution in [0.5, 0.6) is 17.2 Å². The number of aromatic nitrogens is 3. The fraction of sp³-hybridized carbons (Fsp3) is 0.472. The van der Waals surface area contributed by atoms with Crippen molar-refractivity contribution in [2.75, 3.05) is 66.5 Å². The molecule has 4 aromatic rings. The van der Waals surface area contributed by atoms with Crippen LogP contribution in [0.15, 0.2) is 54.7 Å². The van der Waals surface area contributed by atoms with Crippen LogP contribution in [-0.4, -0.2) is 97.9 Å². The number of H-pyrrole nitrogens is 1. The third-order valence-corrected chi connectivity index (χ3v) is 8.98. The van der Waals surface area contributed by atoms with E-state index >= 15 is 0 Å². The molecule has 1 saturated heterocycles. The highest BCUT2D eigenvalue weighted by Gasteiger charge is 2.25. The predicted molar refractivity (Wildman–Crippen MR) is 184 cm³/mol. The largest absolute Gasteiger partial charge is 0.493 e. The molecule has 0 aliphatic carbocycles. The van der Waals surface area contributed by atoms with Gasteiger partial charge in [-0.2, -0.15) is 0 Å². The van der Waals surface area contributed by atoms with Crippen molar-refractivity contribution in [1.29, 1.82) is 0 Å². The van der Waals surface area contributed by atoms with Gasteiger partial charge in [0, 0.05) is 68.3 Å². The van der Waals surface area contributed by atoms with Crippen molar-refractivity contribution in [2.45, 2.75) is 51.2 Å². The van der Waals surface area contributed by atoms with Crippen LogP contribution in [0.2, 0.25) is 0 Å². The van der Waals surface area contributed by atoms with Gasteiger partial charge in [0.25, 0.3) is 5.91 Å². The van der Waals surface area contributed by atoms with Gasteiger partial charge in [0.15, 0.2) is 11.5 Å². The number of likely N-dealkylation sites (tertiary alicyclic amines) is 1. The molecule has 2 N–H and O–H groups in total. The number of methoxy groups -OCH3 is 3. The van der Waals surface area contributed by atoms with Crippen molar-refractivity contribution in [3.05, 3.63) is 71.5 Å². The molecule has 1 amide bonds. The van der Waals surface area contributed by atoms with E-state index in [0.29, 0.717) is 42.0 Å². The first-order valence-corrected chi connectivity index (χ1v) is 16.4. The summed E-state index contributed by atoms with van der Waals surface area (Å²) in [5.74, 6) is 2.12. The maximum absolute atomic E-state index is 13.6. The van der Waals surface area contributed by atoms with Gasteiger partial charge in [-0.1, -0.05) is 18.2 Å². The number of aromatic amines is 1. The summed E-state index contributed by atoms with van der Waals surface area (Å²) >= 11 is 0. The smallest absolute Gasteiger partial charge is 0.253 e. The Kier molecular flexibility index (Phi) is 11.6. The lowest BCUT2D eigenvalue weighted by Gasteiger charge is -2.33. The highest BCUT2D eigenvalue weighted by Crippen LogP contribution is 2.38. The number of carbonyl (C=O) groups excluding carboxylic acids is 1. The van der Waals surface area contributed by atoms with E-state index in [1.165, 1.54) is 0 Å². The highest BCUT2D eigenvalue weighted by atomic mass is 16.5. The van der Waals surface area contributed by atoms with E-state index < -0.39 is 0 Å². The molecule has 0 bridgehead atoms. The number of carbonyl (C=O) groups is 1. The predicted octanol–water partition coefficient (Wildman–Crippen LogP) is 5.90.